The molecule has 0 spiro atoms. The molecule has 4 aromatic rings. The van der Waals surface area contributed by atoms with E-state index in [2.05, 4.69) is 0 Å². The van der Waals surface area contributed by atoms with E-state index in [-0.39, 0.29) is 18.3 Å². The normalized spacial score (nSPS) is 12.5. The van der Waals surface area contributed by atoms with Gasteiger partial charge in [-0.25, -0.2) is 18.4 Å². The average Bonchev–Trinajstić information content (AvgIpc) is 3.46. The SMILES string of the molecule is CCOC(=O)c1c(-c2ccc3c(c2)OCO3)c(-c2ccc(Cl)cc2)n(-c2ccc(S(N)(=O)=O)cc2)c1C. The minimum atomic E-state index is -3.88. The Morgan fingerprint density at radius 1 is 1.00 bits per heavy atom. The van der Waals surface area contributed by atoms with Gasteiger partial charge in [-0.1, -0.05) is 29.8 Å². The van der Waals surface area contributed by atoms with E-state index < -0.39 is 16.0 Å². The van der Waals surface area contributed by atoms with Crippen LogP contribution in [-0.2, 0) is 14.8 Å². The van der Waals surface area contributed by atoms with Crippen molar-refractivity contribution in [1.82, 2.24) is 4.57 Å². The molecule has 1 aliphatic rings. The molecular weight excluding hydrogens is 516 g/mol. The zero-order chi connectivity index (χ0) is 26.3. The first-order valence-electron chi connectivity index (χ1n) is 11.4. The number of halogens is 1. The Kier molecular flexibility index (Phi) is 6.45. The quantitative estimate of drug-likeness (QED) is 0.332. The van der Waals surface area contributed by atoms with Gasteiger partial charge in [0.25, 0.3) is 0 Å². The van der Waals surface area contributed by atoms with Crippen LogP contribution in [0.4, 0.5) is 0 Å². The van der Waals surface area contributed by atoms with Crippen LogP contribution < -0.4 is 14.6 Å². The van der Waals surface area contributed by atoms with E-state index in [4.69, 9.17) is 31.0 Å². The maximum Gasteiger partial charge on any atom is 0.340 e. The van der Waals surface area contributed by atoms with Crippen molar-refractivity contribution in [2.45, 2.75) is 18.7 Å². The van der Waals surface area contributed by atoms with Crippen molar-refractivity contribution in [1.29, 1.82) is 0 Å². The molecule has 0 unspecified atom stereocenters. The summed E-state index contributed by atoms with van der Waals surface area (Å²) in [6, 6.07) is 18.9. The summed E-state index contributed by atoms with van der Waals surface area (Å²) in [6.45, 7) is 3.87. The maximum atomic E-state index is 13.4. The molecule has 3 aromatic carbocycles. The van der Waals surface area contributed by atoms with Crippen molar-refractivity contribution in [3.05, 3.63) is 83.0 Å². The molecular formula is C27H23ClN2O6S. The van der Waals surface area contributed by atoms with E-state index in [1.807, 2.05) is 35.8 Å². The molecule has 190 valence electrons. The molecule has 37 heavy (non-hydrogen) atoms. The van der Waals surface area contributed by atoms with E-state index in [9.17, 15) is 13.2 Å². The molecule has 0 bridgehead atoms. The molecule has 1 aliphatic heterocycles. The highest BCUT2D eigenvalue weighted by Gasteiger charge is 2.30. The summed E-state index contributed by atoms with van der Waals surface area (Å²) in [5, 5.41) is 5.86. The number of hydrogen-bond donors (Lipinski definition) is 1. The zero-order valence-electron chi connectivity index (χ0n) is 20.0. The van der Waals surface area contributed by atoms with Crippen molar-refractivity contribution in [3.8, 4) is 39.6 Å². The van der Waals surface area contributed by atoms with Gasteiger partial charge in [0.2, 0.25) is 16.8 Å². The standard InChI is InChI=1S/C27H23ClN2O6S/c1-3-34-27(31)24-16(2)30(20-9-11-21(12-10-20)37(29,32)33)26(17-4-7-19(28)8-5-17)25(24)18-6-13-22-23(14-18)36-15-35-22/h4-14H,3,15H2,1-2H3,(H2,29,32,33). The van der Waals surface area contributed by atoms with Gasteiger partial charge < -0.3 is 18.8 Å². The summed E-state index contributed by atoms with van der Waals surface area (Å²) in [7, 11) is -3.88. The molecule has 0 saturated carbocycles. The number of carbonyl (C=O) groups excluding carboxylic acids is 1. The number of nitrogens with zero attached hydrogens (tertiary/aromatic N) is 1. The smallest absolute Gasteiger partial charge is 0.340 e. The predicted octanol–water partition coefficient (Wildman–Crippen LogP) is 5.33. The second-order valence-corrected chi connectivity index (χ2v) is 10.4. The highest BCUT2D eigenvalue weighted by Crippen LogP contribution is 2.44. The largest absolute Gasteiger partial charge is 0.462 e. The number of nitrogens with two attached hydrogens (primary N) is 1. The van der Waals surface area contributed by atoms with Gasteiger partial charge in [-0.05, 0) is 73.5 Å². The van der Waals surface area contributed by atoms with E-state index in [0.717, 1.165) is 11.1 Å². The van der Waals surface area contributed by atoms with Crippen molar-refractivity contribution in [3.63, 3.8) is 0 Å². The summed E-state index contributed by atoms with van der Waals surface area (Å²) in [6.07, 6.45) is 0. The molecule has 2 heterocycles. The number of carbonyl (C=O) groups is 1. The first-order valence-corrected chi connectivity index (χ1v) is 13.3. The predicted molar refractivity (Wildman–Crippen MR) is 140 cm³/mol. The van der Waals surface area contributed by atoms with Gasteiger partial charge in [0.1, 0.15) is 0 Å². The summed E-state index contributed by atoms with van der Waals surface area (Å²) >= 11 is 6.18. The van der Waals surface area contributed by atoms with E-state index in [1.54, 1.807) is 37.3 Å². The van der Waals surface area contributed by atoms with Gasteiger partial charge in [0, 0.05) is 22.0 Å². The lowest BCUT2D eigenvalue weighted by Crippen LogP contribution is -2.12. The number of fused-ring (bicyclic) bond motifs is 1. The van der Waals surface area contributed by atoms with Crippen LogP contribution in [0.2, 0.25) is 5.02 Å². The molecule has 0 aliphatic carbocycles. The molecule has 0 fully saturated rings. The van der Waals surface area contributed by atoms with Crippen LogP contribution in [0.5, 0.6) is 11.5 Å². The van der Waals surface area contributed by atoms with Gasteiger partial charge in [-0.2, -0.15) is 0 Å². The molecule has 0 radical (unpaired) electrons. The van der Waals surface area contributed by atoms with Gasteiger partial charge >= 0.3 is 5.97 Å². The Bertz CT molecular complexity index is 1610. The summed E-state index contributed by atoms with van der Waals surface area (Å²) in [5.74, 6) is 0.698. The molecule has 5 rings (SSSR count). The molecule has 0 atom stereocenters. The van der Waals surface area contributed by atoms with Crippen LogP contribution >= 0.6 is 11.6 Å². The Balaban J connectivity index is 1.85. The van der Waals surface area contributed by atoms with Crippen molar-refractivity contribution >= 4 is 27.6 Å². The highest BCUT2D eigenvalue weighted by molar-refractivity contribution is 7.89. The first-order chi connectivity index (χ1) is 17.7. The third kappa shape index (κ3) is 4.57. The maximum absolute atomic E-state index is 13.4. The number of rotatable bonds is 6. The lowest BCUT2D eigenvalue weighted by molar-refractivity contribution is 0.0526. The average molecular weight is 539 g/mol. The summed E-state index contributed by atoms with van der Waals surface area (Å²) in [4.78, 5) is 13.3. The summed E-state index contributed by atoms with van der Waals surface area (Å²) in [5.41, 5.74) is 4.45. The van der Waals surface area contributed by atoms with Crippen LogP contribution in [0, 0.1) is 6.92 Å². The fourth-order valence-electron chi connectivity index (χ4n) is 4.47. The highest BCUT2D eigenvalue weighted by atomic mass is 35.5. The van der Waals surface area contributed by atoms with E-state index in [1.165, 1.54) is 12.1 Å². The molecule has 1 aromatic heterocycles. The number of benzene rings is 3. The minimum Gasteiger partial charge on any atom is -0.462 e. The zero-order valence-corrected chi connectivity index (χ0v) is 21.6. The number of hydrogen-bond acceptors (Lipinski definition) is 6. The Morgan fingerprint density at radius 3 is 2.30 bits per heavy atom. The number of esters is 1. The molecule has 0 saturated heterocycles. The third-order valence-electron chi connectivity index (χ3n) is 6.09. The van der Waals surface area contributed by atoms with Crippen LogP contribution in [0.3, 0.4) is 0 Å². The third-order valence-corrected chi connectivity index (χ3v) is 7.27. The Morgan fingerprint density at radius 2 is 1.65 bits per heavy atom. The monoisotopic (exact) mass is 538 g/mol. The molecule has 10 heteroatoms. The van der Waals surface area contributed by atoms with E-state index >= 15 is 0 Å². The Labute approximate surface area is 219 Å². The second-order valence-electron chi connectivity index (χ2n) is 8.35. The van der Waals surface area contributed by atoms with Gasteiger partial charge in [0.15, 0.2) is 11.5 Å². The molecule has 2 N–H and O–H groups in total. The van der Waals surface area contributed by atoms with Crippen LogP contribution in [0.25, 0.3) is 28.1 Å². The van der Waals surface area contributed by atoms with Gasteiger partial charge in [-0.3, -0.25) is 0 Å². The van der Waals surface area contributed by atoms with Gasteiger partial charge in [0.05, 0.1) is 22.8 Å². The fourth-order valence-corrected chi connectivity index (χ4v) is 5.11. The van der Waals surface area contributed by atoms with Crippen molar-refractivity contribution in [2.75, 3.05) is 13.4 Å². The lowest BCUT2D eigenvalue weighted by atomic mass is 9.96. The number of aromatic nitrogens is 1. The van der Waals surface area contributed by atoms with Crippen molar-refractivity contribution < 1.29 is 27.4 Å². The van der Waals surface area contributed by atoms with Gasteiger partial charge in [-0.15, -0.1) is 0 Å². The summed E-state index contributed by atoms with van der Waals surface area (Å²) < 4.78 is 42.1. The molecule has 0 amide bonds. The lowest BCUT2D eigenvalue weighted by Gasteiger charge is -2.15. The number of sulfonamides is 1. The minimum absolute atomic E-state index is 0.0179. The number of primary sulfonamides is 1. The topological polar surface area (TPSA) is 110 Å². The van der Waals surface area contributed by atoms with E-state index in [0.29, 0.717) is 44.7 Å². The number of ether oxygens (including phenoxy) is 3. The first kappa shape index (κ1) is 24.9. The second kappa shape index (κ2) is 9.59. The van der Waals surface area contributed by atoms with Crippen LogP contribution in [0.15, 0.2) is 71.6 Å². The molecule has 8 nitrogen and oxygen atoms in total. The van der Waals surface area contributed by atoms with Crippen LogP contribution in [0.1, 0.15) is 23.0 Å². The Hall–Kier alpha value is -3.79. The fraction of sp³-hybridized carbons (Fsp3) is 0.148. The van der Waals surface area contributed by atoms with Crippen LogP contribution in [-0.4, -0.2) is 32.4 Å². The van der Waals surface area contributed by atoms with Crippen molar-refractivity contribution in [2.24, 2.45) is 5.14 Å².